The van der Waals surface area contributed by atoms with Crippen molar-refractivity contribution in [3.63, 3.8) is 0 Å². The lowest BCUT2D eigenvalue weighted by atomic mass is 9.99. The van der Waals surface area contributed by atoms with Gasteiger partial charge in [-0.1, -0.05) is 12.5 Å². The van der Waals surface area contributed by atoms with E-state index in [1.165, 1.54) is 0 Å². The molecule has 0 bridgehead atoms. The number of hydrogen-bond donors (Lipinski definition) is 0. The van der Waals surface area contributed by atoms with Crippen molar-refractivity contribution in [3.8, 4) is 0 Å². The standard InChI is InChI=1S/C11H16O3/c1-2-14-11(13)9-7-5-3-4-6-8-10(9)12/h7H,2-6,8H2,1H3. The third kappa shape index (κ3) is 2.98. The van der Waals surface area contributed by atoms with E-state index in [0.717, 1.165) is 25.7 Å². The fourth-order valence-corrected chi connectivity index (χ4v) is 1.51. The highest BCUT2D eigenvalue weighted by Crippen LogP contribution is 2.15. The summed E-state index contributed by atoms with van der Waals surface area (Å²) in [5, 5.41) is 0. The summed E-state index contributed by atoms with van der Waals surface area (Å²) >= 11 is 0. The Kier molecular flexibility index (Phi) is 4.36. The van der Waals surface area contributed by atoms with Crippen LogP contribution in [-0.4, -0.2) is 18.4 Å². The van der Waals surface area contributed by atoms with Gasteiger partial charge in [0.25, 0.3) is 0 Å². The molecule has 1 rings (SSSR count). The van der Waals surface area contributed by atoms with Crippen molar-refractivity contribution in [1.29, 1.82) is 0 Å². The van der Waals surface area contributed by atoms with Gasteiger partial charge in [0.05, 0.1) is 12.2 Å². The van der Waals surface area contributed by atoms with Crippen LogP contribution in [0.4, 0.5) is 0 Å². The average Bonchev–Trinajstić information content (AvgIpc) is 2.12. The minimum Gasteiger partial charge on any atom is -0.462 e. The summed E-state index contributed by atoms with van der Waals surface area (Å²) in [6.45, 7) is 2.06. The molecule has 1 aliphatic carbocycles. The number of rotatable bonds is 2. The van der Waals surface area contributed by atoms with Gasteiger partial charge in [0.2, 0.25) is 0 Å². The third-order valence-corrected chi connectivity index (χ3v) is 2.25. The lowest BCUT2D eigenvalue weighted by molar-refractivity contribution is -0.140. The first-order valence-corrected chi connectivity index (χ1v) is 5.16. The van der Waals surface area contributed by atoms with Crippen LogP contribution < -0.4 is 0 Å². The number of carbonyl (C=O) groups excluding carboxylic acids is 2. The minimum absolute atomic E-state index is 0.0665. The highest BCUT2D eigenvalue weighted by Gasteiger charge is 2.19. The van der Waals surface area contributed by atoms with Gasteiger partial charge in [-0.15, -0.1) is 0 Å². The molecule has 0 fully saturated rings. The van der Waals surface area contributed by atoms with Gasteiger partial charge >= 0.3 is 5.97 Å². The van der Waals surface area contributed by atoms with Crippen LogP contribution in [0.2, 0.25) is 0 Å². The number of ether oxygens (including phenoxy) is 1. The first-order valence-electron chi connectivity index (χ1n) is 5.16. The van der Waals surface area contributed by atoms with Gasteiger partial charge in [0.15, 0.2) is 5.78 Å². The molecule has 0 heterocycles. The molecule has 0 saturated carbocycles. The number of hydrogen-bond acceptors (Lipinski definition) is 3. The van der Waals surface area contributed by atoms with Crippen LogP contribution in [0.25, 0.3) is 0 Å². The summed E-state index contributed by atoms with van der Waals surface area (Å²) in [4.78, 5) is 22.9. The predicted molar refractivity (Wildman–Crippen MR) is 52.8 cm³/mol. The second kappa shape index (κ2) is 5.58. The summed E-state index contributed by atoms with van der Waals surface area (Å²) in [6, 6.07) is 0. The summed E-state index contributed by atoms with van der Waals surface area (Å²) in [5.74, 6) is -0.525. The summed E-state index contributed by atoms with van der Waals surface area (Å²) in [7, 11) is 0. The zero-order chi connectivity index (χ0) is 10.4. The minimum atomic E-state index is -0.459. The molecule has 0 spiro atoms. The third-order valence-electron chi connectivity index (χ3n) is 2.25. The van der Waals surface area contributed by atoms with E-state index in [0.29, 0.717) is 13.0 Å². The van der Waals surface area contributed by atoms with Crippen molar-refractivity contribution in [2.75, 3.05) is 6.61 Å². The van der Waals surface area contributed by atoms with Crippen LogP contribution in [0.15, 0.2) is 11.6 Å². The Balaban J connectivity index is 2.69. The topological polar surface area (TPSA) is 43.4 Å². The number of carbonyl (C=O) groups is 2. The van der Waals surface area contributed by atoms with Gasteiger partial charge < -0.3 is 4.74 Å². The van der Waals surface area contributed by atoms with Crippen molar-refractivity contribution in [2.45, 2.75) is 39.0 Å². The van der Waals surface area contributed by atoms with E-state index in [-0.39, 0.29) is 11.4 Å². The molecule has 3 heteroatoms. The Hall–Kier alpha value is -1.12. The second-order valence-electron chi connectivity index (χ2n) is 3.36. The molecule has 0 radical (unpaired) electrons. The maximum atomic E-state index is 11.5. The van der Waals surface area contributed by atoms with E-state index in [2.05, 4.69) is 0 Å². The molecule has 0 atom stereocenters. The highest BCUT2D eigenvalue weighted by molar-refractivity contribution is 6.17. The van der Waals surface area contributed by atoms with Crippen molar-refractivity contribution in [1.82, 2.24) is 0 Å². The fraction of sp³-hybridized carbons (Fsp3) is 0.636. The lowest BCUT2D eigenvalue weighted by Gasteiger charge is -2.09. The number of esters is 1. The molecule has 78 valence electrons. The van der Waals surface area contributed by atoms with Crippen LogP contribution >= 0.6 is 0 Å². The zero-order valence-corrected chi connectivity index (χ0v) is 8.54. The van der Waals surface area contributed by atoms with E-state index >= 15 is 0 Å². The molecule has 0 saturated heterocycles. The van der Waals surface area contributed by atoms with Gasteiger partial charge in [0, 0.05) is 6.42 Å². The van der Waals surface area contributed by atoms with E-state index in [9.17, 15) is 9.59 Å². The molecule has 0 aliphatic heterocycles. The van der Waals surface area contributed by atoms with E-state index in [4.69, 9.17) is 4.74 Å². The molecule has 0 N–H and O–H groups in total. The smallest absolute Gasteiger partial charge is 0.341 e. The maximum Gasteiger partial charge on any atom is 0.341 e. The monoisotopic (exact) mass is 196 g/mol. The van der Waals surface area contributed by atoms with Crippen LogP contribution in [-0.2, 0) is 14.3 Å². The molecule has 3 nitrogen and oxygen atoms in total. The Morgan fingerprint density at radius 1 is 1.43 bits per heavy atom. The SMILES string of the molecule is CCOC(=O)C1=CCCCCCC1=O. The highest BCUT2D eigenvalue weighted by atomic mass is 16.5. The summed E-state index contributed by atoms with van der Waals surface area (Å²) in [6.07, 6.45) is 6.01. The molecule has 0 unspecified atom stereocenters. The molecule has 0 aromatic rings. The molecule has 0 aromatic heterocycles. The van der Waals surface area contributed by atoms with Crippen molar-refractivity contribution < 1.29 is 14.3 Å². The second-order valence-corrected chi connectivity index (χ2v) is 3.36. The Morgan fingerprint density at radius 3 is 2.93 bits per heavy atom. The van der Waals surface area contributed by atoms with Crippen molar-refractivity contribution in [3.05, 3.63) is 11.6 Å². The Morgan fingerprint density at radius 2 is 2.21 bits per heavy atom. The predicted octanol–water partition coefficient (Wildman–Crippen LogP) is 2.01. The molecular formula is C11H16O3. The van der Waals surface area contributed by atoms with Crippen LogP contribution in [0.3, 0.4) is 0 Å². The number of Topliss-reactive ketones (excluding diaryl/α,β-unsaturated/α-hetero) is 1. The average molecular weight is 196 g/mol. The molecule has 1 aliphatic rings. The van der Waals surface area contributed by atoms with Crippen molar-refractivity contribution >= 4 is 11.8 Å². The lowest BCUT2D eigenvalue weighted by Crippen LogP contribution is -2.16. The molecule has 14 heavy (non-hydrogen) atoms. The van der Waals surface area contributed by atoms with E-state index in [1.54, 1.807) is 13.0 Å². The first kappa shape index (κ1) is 11.0. The van der Waals surface area contributed by atoms with Gasteiger partial charge in [-0.3, -0.25) is 4.79 Å². The van der Waals surface area contributed by atoms with Crippen LogP contribution in [0.5, 0.6) is 0 Å². The fourth-order valence-electron chi connectivity index (χ4n) is 1.51. The first-order chi connectivity index (χ1) is 6.75. The number of ketones is 1. The van der Waals surface area contributed by atoms with Crippen molar-refractivity contribution in [2.24, 2.45) is 0 Å². The van der Waals surface area contributed by atoms with E-state index < -0.39 is 5.97 Å². The van der Waals surface area contributed by atoms with Gasteiger partial charge in [-0.25, -0.2) is 4.79 Å². The number of allylic oxidation sites excluding steroid dienone is 1. The van der Waals surface area contributed by atoms with Gasteiger partial charge in [-0.2, -0.15) is 0 Å². The Labute approximate surface area is 84.1 Å². The van der Waals surface area contributed by atoms with Crippen LogP contribution in [0, 0.1) is 0 Å². The summed E-state index contributed by atoms with van der Waals surface area (Å²) in [5.41, 5.74) is 0.256. The molecule has 0 aromatic carbocycles. The Bertz CT molecular complexity index is 253. The maximum absolute atomic E-state index is 11.5. The molecular weight excluding hydrogens is 180 g/mol. The van der Waals surface area contributed by atoms with Gasteiger partial charge in [0.1, 0.15) is 0 Å². The quantitative estimate of drug-likeness (QED) is 0.501. The largest absolute Gasteiger partial charge is 0.462 e. The van der Waals surface area contributed by atoms with Crippen LogP contribution in [0.1, 0.15) is 39.0 Å². The molecule has 0 amide bonds. The normalized spacial score (nSPS) is 18.1. The van der Waals surface area contributed by atoms with E-state index in [1.807, 2.05) is 0 Å². The zero-order valence-electron chi connectivity index (χ0n) is 8.54. The van der Waals surface area contributed by atoms with Gasteiger partial charge in [-0.05, 0) is 26.2 Å². The summed E-state index contributed by atoms with van der Waals surface area (Å²) < 4.78 is 4.82.